The third-order valence-corrected chi connectivity index (χ3v) is 5.70. The van der Waals surface area contributed by atoms with Gasteiger partial charge in [-0.2, -0.15) is 4.31 Å². The van der Waals surface area contributed by atoms with Gasteiger partial charge in [0, 0.05) is 17.5 Å². The number of sulfonamides is 1. The summed E-state index contributed by atoms with van der Waals surface area (Å²) in [7, 11) is -3.64. The minimum Gasteiger partial charge on any atom is -0.225 e. The van der Waals surface area contributed by atoms with Crippen molar-refractivity contribution in [3.63, 3.8) is 0 Å². The molecule has 2 aromatic rings. The Morgan fingerprint density at radius 1 is 1.35 bits per heavy atom. The van der Waals surface area contributed by atoms with Gasteiger partial charge in [-0.05, 0) is 36.9 Å². The van der Waals surface area contributed by atoms with Crippen molar-refractivity contribution in [1.82, 2.24) is 14.3 Å². The predicted octanol–water partition coefficient (Wildman–Crippen LogP) is 2.79. The minimum absolute atomic E-state index is 0.0262. The van der Waals surface area contributed by atoms with Gasteiger partial charge >= 0.3 is 0 Å². The Hall–Kier alpha value is -1.02. The molecule has 0 aromatic carbocycles. The third kappa shape index (κ3) is 3.35. The van der Waals surface area contributed by atoms with E-state index >= 15 is 0 Å². The molecule has 2 heterocycles. The first-order valence-corrected chi connectivity index (χ1v) is 8.63. The maximum atomic E-state index is 12.6. The van der Waals surface area contributed by atoms with Crippen molar-refractivity contribution < 1.29 is 8.42 Å². The summed E-state index contributed by atoms with van der Waals surface area (Å²) in [6, 6.07) is 3.64. The second-order valence-electron chi connectivity index (χ2n) is 4.41. The molecule has 108 valence electrons. The smallest absolute Gasteiger partial charge is 0.225 e. The number of nitrogens with zero attached hydrogens (tertiary/aromatic N) is 3. The Labute approximate surface area is 127 Å². The van der Waals surface area contributed by atoms with Gasteiger partial charge < -0.3 is 0 Å². The minimum atomic E-state index is -3.64. The molecule has 8 heteroatoms. The maximum absolute atomic E-state index is 12.6. The second kappa shape index (κ2) is 6.17. The van der Waals surface area contributed by atoms with Crippen LogP contribution in [0.25, 0.3) is 0 Å². The fraction of sp³-hybridized carbons (Fsp3) is 0.333. The van der Waals surface area contributed by atoms with Crippen LogP contribution in [0.3, 0.4) is 0 Å². The molecule has 20 heavy (non-hydrogen) atoms. The highest BCUT2D eigenvalue weighted by molar-refractivity contribution is 7.89. The summed E-state index contributed by atoms with van der Waals surface area (Å²) >= 11 is 7.11. The van der Waals surface area contributed by atoms with E-state index in [-0.39, 0.29) is 16.2 Å². The summed E-state index contributed by atoms with van der Waals surface area (Å²) in [5, 5.41) is 1.95. The summed E-state index contributed by atoms with van der Waals surface area (Å²) in [6.07, 6.45) is 2.46. The number of halogens is 1. The van der Waals surface area contributed by atoms with Crippen molar-refractivity contribution >= 4 is 33.0 Å². The summed E-state index contributed by atoms with van der Waals surface area (Å²) in [6.45, 7) is 4.00. The molecule has 0 radical (unpaired) electrons. The lowest BCUT2D eigenvalue weighted by Gasteiger charge is -2.25. The number of hydrogen-bond acceptors (Lipinski definition) is 5. The van der Waals surface area contributed by atoms with Crippen LogP contribution in [-0.4, -0.2) is 28.7 Å². The van der Waals surface area contributed by atoms with Crippen LogP contribution in [0.1, 0.15) is 18.7 Å². The molecule has 2 rings (SSSR count). The molecule has 5 nitrogen and oxygen atoms in total. The molecule has 0 aliphatic rings. The Morgan fingerprint density at radius 3 is 2.50 bits per heavy atom. The van der Waals surface area contributed by atoms with Crippen molar-refractivity contribution in [2.45, 2.75) is 31.3 Å². The van der Waals surface area contributed by atoms with Gasteiger partial charge in [-0.1, -0.05) is 6.07 Å². The fourth-order valence-corrected chi connectivity index (χ4v) is 4.06. The Balaban J connectivity index is 2.34. The van der Waals surface area contributed by atoms with Gasteiger partial charge in [0.2, 0.25) is 15.3 Å². The van der Waals surface area contributed by atoms with Gasteiger partial charge in [-0.15, -0.1) is 11.3 Å². The number of hydrogen-bond donors (Lipinski definition) is 0. The van der Waals surface area contributed by atoms with Crippen LogP contribution >= 0.6 is 22.9 Å². The van der Waals surface area contributed by atoms with E-state index in [1.54, 1.807) is 0 Å². The van der Waals surface area contributed by atoms with Gasteiger partial charge in [-0.3, -0.25) is 0 Å². The second-order valence-corrected chi connectivity index (χ2v) is 7.67. The molecule has 0 saturated heterocycles. The van der Waals surface area contributed by atoms with Gasteiger partial charge in [0.15, 0.2) is 0 Å². The molecular weight excluding hydrogens is 318 g/mol. The SMILES string of the molecule is CC(C)N(Cc1cccs1)S(=O)(=O)c1cnc(Cl)nc1. The zero-order valence-corrected chi connectivity index (χ0v) is 13.4. The lowest BCUT2D eigenvalue weighted by molar-refractivity contribution is 0.350. The highest BCUT2D eigenvalue weighted by Gasteiger charge is 2.28. The zero-order valence-electron chi connectivity index (χ0n) is 11.0. The lowest BCUT2D eigenvalue weighted by atomic mass is 10.4. The Bertz CT molecular complexity index is 655. The summed E-state index contributed by atoms with van der Waals surface area (Å²) in [5.74, 6) is 0. The molecule has 2 aromatic heterocycles. The topological polar surface area (TPSA) is 63.2 Å². The van der Waals surface area contributed by atoms with E-state index in [0.717, 1.165) is 4.88 Å². The van der Waals surface area contributed by atoms with E-state index in [4.69, 9.17) is 11.6 Å². The Kier molecular flexibility index (Phi) is 4.74. The molecular formula is C12H14ClN3O2S2. The number of thiophene rings is 1. The normalized spacial score (nSPS) is 12.2. The van der Waals surface area contributed by atoms with Gasteiger partial charge in [0.25, 0.3) is 0 Å². The van der Waals surface area contributed by atoms with E-state index in [9.17, 15) is 8.42 Å². The van der Waals surface area contributed by atoms with E-state index in [1.807, 2.05) is 31.4 Å². The zero-order chi connectivity index (χ0) is 14.8. The fourth-order valence-electron chi connectivity index (χ4n) is 1.67. The average molecular weight is 332 g/mol. The van der Waals surface area contributed by atoms with Crippen LogP contribution in [0.5, 0.6) is 0 Å². The van der Waals surface area contributed by atoms with Crippen molar-refractivity contribution in [3.05, 3.63) is 40.1 Å². The highest BCUT2D eigenvalue weighted by atomic mass is 35.5. The Morgan fingerprint density at radius 2 is 2.00 bits per heavy atom. The van der Waals surface area contributed by atoms with E-state index < -0.39 is 10.0 Å². The number of rotatable bonds is 5. The van der Waals surface area contributed by atoms with Gasteiger partial charge in [-0.25, -0.2) is 18.4 Å². The third-order valence-electron chi connectivity index (χ3n) is 2.67. The average Bonchev–Trinajstić information content (AvgIpc) is 2.89. The predicted molar refractivity (Wildman–Crippen MR) is 79.2 cm³/mol. The van der Waals surface area contributed by atoms with Gasteiger partial charge in [0.1, 0.15) is 4.90 Å². The molecule has 0 amide bonds. The molecule has 0 unspecified atom stereocenters. The molecule has 0 fully saturated rings. The molecule has 0 spiro atoms. The van der Waals surface area contributed by atoms with Crippen molar-refractivity contribution in [2.24, 2.45) is 0 Å². The van der Waals surface area contributed by atoms with Crippen LogP contribution in [0, 0.1) is 0 Å². The first kappa shape index (κ1) is 15.4. The quantitative estimate of drug-likeness (QED) is 0.790. The van der Waals surface area contributed by atoms with E-state index in [0.29, 0.717) is 6.54 Å². The molecule has 0 bridgehead atoms. The first-order chi connectivity index (χ1) is 9.41. The summed E-state index contributed by atoms with van der Waals surface area (Å²) < 4.78 is 26.7. The summed E-state index contributed by atoms with van der Waals surface area (Å²) in [5.41, 5.74) is 0. The molecule has 0 saturated carbocycles. The van der Waals surface area contributed by atoms with Crippen molar-refractivity contribution in [3.8, 4) is 0 Å². The van der Waals surface area contributed by atoms with Crippen molar-refractivity contribution in [1.29, 1.82) is 0 Å². The van der Waals surface area contributed by atoms with Crippen LogP contribution < -0.4 is 0 Å². The molecule has 0 atom stereocenters. The van der Waals surface area contributed by atoms with Crippen molar-refractivity contribution in [2.75, 3.05) is 0 Å². The monoisotopic (exact) mass is 331 g/mol. The van der Waals surface area contributed by atoms with Gasteiger partial charge in [0.05, 0.1) is 12.4 Å². The lowest BCUT2D eigenvalue weighted by Crippen LogP contribution is -2.36. The van der Waals surface area contributed by atoms with E-state index in [2.05, 4.69) is 9.97 Å². The van der Waals surface area contributed by atoms with Crippen LogP contribution in [-0.2, 0) is 16.6 Å². The van der Waals surface area contributed by atoms with E-state index in [1.165, 1.54) is 28.0 Å². The first-order valence-electron chi connectivity index (χ1n) is 5.93. The highest BCUT2D eigenvalue weighted by Crippen LogP contribution is 2.22. The number of aromatic nitrogens is 2. The maximum Gasteiger partial charge on any atom is 0.246 e. The van der Waals surface area contributed by atoms with Crippen LogP contribution in [0.15, 0.2) is 34.8 Å². The largest absolute Gasteiger partial charge is 0.246 e. The standard InChI is InChI=1S/C12H14ClN3O2S2/c1-9(2)16(8-10-4-3-5-19-10)20(17,18)11-6-14-12(13)15-7-11/h3-7,9H,8H2,1-2H3. The van der Waals surface area contributed by atoms with Crippen LogP contribution in [0.2, 0.25) is 5.28 Å². The molecule has 0 aliphatic carbocycles. The van der Waals surface area contributed by atoms with Crippen LogP contribution in [0.4, 0.5) is 0 Å². The molecule has 0 aliphatic heterocycles. The summed E-state index contributed by atoms with van der Waals surface area (Å²) in [4.78, 5) is 8.50. The molecule has 0 N–H and O–H groups in total.